The molecule has 2 heterocycles. The number of ether oxygens (including phenoxy) is 5. The first kappa shape index (κ1) is 29.6. The zero-order chi connectivity index (χ0) is 30.3. The molecule has 226 valence electrons. The van der Waals surface area contributed by atoms with Crippen molar-refractivity contribution >= 4 is 28.5 Å². The molecule has 0 aliphatic carbocycles. The number of aromatic nitrogens is 3. The Morgan fingerprint density at radius 3 is 2.49 bits per heavy atom. The van der Waals surface area contributed by atoms with Gasteiger partial charge in [-0.2, -0.15) is 0 Å². The summed E-state index contributed by atoms with van der Waals surface area (Å²) in [5, 5.41) is 11.4. The summed E-state index contributed by atoms with van der Waals surface area (Å²) in [7, 11) is 6.04. The minimum Gasteiger partial charge on any atom is -0.493 e. The molecule has 0 unspecified atom stereocenters. The smallest absolute Gasteiger partial charge is 0.249 e. The van der Waals surface area contributed by atoms with Gasteiger partial charge in [0.2, 0.25) is 11.8 Å². The number of hydrogen-bond acceptors (Lipinski definition) is 9. The van der Waals surface area contributed by atoms with E-state index in [1.165, 1.54) is 38.0 Å². The molecule has 0 saturated carbocycles. The minimum absolute atomic E-state index is 0.108. The molecule has 1 saturated heterocycles. The van der Waals surface area contributed by atoms with Crippen molar-refractivity contribution in [2.45, 2.75) is 31.5 Å². The molecule has 0 spiro atoms. The van der Waals surface area contributed by atoms with Gasteiger partial charge in [0.05, 0.1) is 40.1 Å². The Morgan fingerprint density at radius 1 is 0.977 bits per heavy atom. The van der Waals surface area contributed by atoms with Gasteiger partial charge in [-0.15, -0.1) is 5.10 Å². The second kappa shape index (κ2) is 13.4. The zero-order valence-corrected chi connectivity index (χ0v) is 24.6. The lowest BCUT2D eigenvalue weighted by molar-refractivity contribution is -0.127. The van der Waals surface area contributed by atoms with Crippen LogP contribution in [-0.4, -0.2) is 74.5 Å². The van der Waals surface area contributed by atoms with Crippen LogP contribution in [0, 0.1) is 0 Å². The van der Waals surface area contributed by atoms with E-state index in [0.717, 1.165) is 12.8 Å². The molecule has 1 aliphatic heterocycles. The molecule has 3 aromatic carbocycles. The van der Waals surface area contributed by atoms with Gasteiger partial charge in [0.1, 0.15) is 18.1 Å². The predicted molar refractivity (Wildman–Crippen MR) is 159 cm³/mol. The van der Waals surface area contributed by atoms with E-state index in [1.54, 1.807) is 36.4 Å². The number of amides is 2. The SMILES string of the molecule is COc1ccc(N(C(=O)Cn2nnc3ccccc32)[C@@H](C(=O)NC[C@H]2CCCO2)c2cccc(OC)c2OC)cc1OC. The lowest BCUT2D eigenvalue weighted by Crippen LogP contribution is -2.46. The van der Waals surface area contributed by atoms with Crippen molar-refractivity contribution in [3.8, 4) is 23.0 Å². The van der Waals surface area contributed by atoms with Gasteiger partial charge in [0.25, 0.3) is 0 Å². The van der Waals surface area contributed by atoms with Gasteiger partial charge in [-0.3, -0.25) is 14.5 Å². The molecule has 1 N–H and O–H groups in total. The number of anilines is 1. The second-order valence-electron chi connectivity index (χ2n) is 9.90. The van der Waals surface area contributed by atoms with Crippen LogP contribution in [0.25, 0.3) is 11.0 Å². The number of para-hydroxylation sites is 2. The second-order valence-corrected chi connectivity index (χ2v) is 9.90. The van der Waals surface area contributed by atoms with Crippen molar-refractivity contribution in [2.24, 2.45) is 0 Å². The standard InChI is InChI=1S/C31H35N5O7/c1-39-25-15-14-20(17-27(25)41-3)36(28(37)19-35-24-12-6-5-11-23(24)33-34-35)29(31(38)32-18-21-9-8-16-43-21)22-10-7-13-26(40-2)30(22)42-4/h5-7,10-15,17,21,29H,8-9,16,18-19H2,1-4H3,(H,32,38)/t21-,29-/m1/s1. The van der Waals surface area contributed by atoms with Crippen LogP contribution in [0.3, 0.4) is 0 Å². The van der Waals surface area contributed by atoms with Crippen LogP contribution < -0.4 is 29.2 Å². The van der Waals surface area contributed by atoms with Crippen LogP contribution in [0.1, 0.15) is 24.4 Å². The number of carbonyl (C=O) groups excluding carboxylic acids is 2. The topological polar surface area (TPSA) is 126 Å². The van der Waals surface area contributed by atoms with E-state index in [1.807, 2.05) is 24.3 Å². The highest BCUT2D eigenvalue weighted by Crippen LogP contribution is 2.41. The van der Waals surface area contributed by atoms with E-state index in [4.69, 9.17) is 23.7 Å². The Hall–Kier alpha value is -4.84. The predicted octanol–water partition coefficient (Wildman–Crippen LogP) is 3.54. The number of rotatable bonds is 12. The van der Waals surface area contributed by atoms with Gasteiger partial charge in [-0.1, -0.05) is 29.5 Å². The lowest BCUT2D eigenvalue weighted by atomic mass is 10.0. The van der Waals surface area contributed by atoms with Crippen molar-refractivity contribution in [1.29, 1.82) is 0 Å². The maximum absolute atomic E-state index is 14.4. The van der Waals surface area contributed by atoms with E-state index in [-0.39, 0.29) is 12.6 Å². The molecular formula is C31H35N5O7. The maximum atomic E-state index is 14.4. The van der Waals surface area contributed by atoms with Crippen molar-refractivity contribution in [3.63, 3.8) is 0 Å². The molecule has 1 aromatic heterocycles. The van der Waals surface area contributed by atoms with Crippen LogP contribution in [0.5, 0.6) is 23.0 Å². The van der Waals surface area contributed by atoms with E-state index in [0.29, 0.717) is 58.4 Å². The average molecular weight is 590 g/mol. The molecule has 0 bridgehead atoms. The molecule has 2 atom stereocenters. The molecule has 0 radical (unpaired) electrons. The van der Waals surface area contributed by atoms with Crippen molar-refractivity contribution in [2.75, 3.05) is 46.5 Å². The van der Waals surface area contributed by atoms with Gasteiger partial charge in [-0.25, -0.2) is 4.68 Å². The molecule has 43 heavy (non-hydrogen) atoms. The number of hydrogen-bond donors (Lipinski definition) is 1. The number of fused-ring (bicyclic) bond motifs is 1. The fourth-order valence-electron chi connectivity index (χ4n) is 5.29. The fraction of sp³-hybridized carbons (Fsp3) is 0.355. The summed E-state index contributed by atoms with van der Waals surface area (Å²) >= 11 is 0. The lowest BCUT2D eigenvalue weighted by Gasteiger charge is -2.33. The Morgan fingerprint density at radius 2 is 1.77 bits per heavy atom. The molecule has 2 amide bonds. The van der Waals surface area contributed by atoms with Crippen molar-refractivity contribution < 1.29 is 33.3 Å². The molecule has 5 rings (SSSR count). The molecule has 12 heteroatoms. The first-order valence-electron chi connectivity index (χ1n) is 13.9. The third kappa shape index (κ3) is 6.19. The van der Waals surface area contributed by atoms with Gasteiger partial charge < -0.3 is 29.0 Å². The number of nitrogens with one attached hydrogen (secondary N) is 1. The van der Waals surface area contributed by atoms with Gasteiger partial charge in [-0.05, 0) is 43.2 Å². The highest BCUT2D eigenvalue weighted by Gasteiger charge is 2.37. The van der Waals surface area contributed by atoms with Crippen molar-refractivity contribution in [1.82, 2.24) is 20.3 Å². The Balaban J connectivity index is 1.64. The minimum atomic E-state index is -1.17. The Bertz CT molecular complexity index is 1580. The van der Waals surface area contributed by atoms with Crippen molar-refractivity contribution in [3.05, 3.63) is 66.2 Å². The summed E-state index contributed by atoms with van der Waals surface area (Å²) in [6, 6.07) is 16.4. The Labute approximate surface area is 249 Å². The molecule has 12 nitrogen and oxygen atoms in total. The largest absolute Gasteiger partial charge is 0.493 e. The van der Waals surface area contributed by atoms with Crippen LogP contribution in [0.15, 0.2) is 60.7 Å². The third-order valence-corrected chi connectivity index (χ3v) is 7.38. The number of carbonyl (C=O) groups is 2. The summed E-state index contributed by atoms with van der Waals surface area (Å²) in [6.07, 6.45) is 1.66. The summed E-state index contributed by atoms with van der Waals surface area (Å²) in [5.74, 6) is 0.753. The third-order valence-electron chi connectivity index (χ3n) is 7.38. The molecule has 1 fully saturated rings. The van der Waals surface area contributed by atoms with Gasteiger partial charge in [0, 0.05) is 30.5 Å². The van der Waals surface area contributed by atoms with Crippen LogP contribution >= 0.6 is 0 Å². The molecule has 4 aromatic rings. The highest BCUT2D eigenvalue weighted by molar-refractivity contribution is 6.02. The zero-order valence-electron chi connectivity index (χ0n) is 24.6. The maximum Gasteiger partial charge on any atom is 0.249 e. The normalized spacial score (nSPS) is 15.1. The summed E-state index contributed by atoms with van der Waals surface area (Å²) in [4.78, 5) is 30.1. The first-order valence-corrected chi connectivity index (χ1v) is 13.9. The van der Waals surface area contributed by atoms with E-state index < -0.39 is 17.9 Å². The number of nitrogens with zero attached hydrogens (tertiary/aromatic N) is 4. The first-order chi connectivity index (χ1) is 21.0. The number of benzene rings is 3. The van der Waals surface area contributed by atoms with E-state index in [9.17, 15) is 9.59 Å². The van der Waals surface area contributed by atoms with Crippen LogP contribution in [-0.2, 0) is 20.9 Å². The van der Waals surface area contributed by atoms with Crippen LogP contribution in [0.2, 0.25) is 0 Å². The number of methoxy groups -OCH3 is 4. The van der Waals surface area contributed by atoms with E-state index >= 15 is 0 Å². The highest BCUT2D eigenvalue weighted by atomic mass is 16.5. The fourth-order valence-corrected chi connectivity index (χ4v) is 5.29. The van der Waals surface area contributed by atoms with Crippen LogP contribution in [0.4, 0.5) is 5.69 Å². The van der Waals surface area contributed by atoms with Gasteiger partial charge >= 0.3 is 0 Å². The summed E-state index contributed by atoms with van der Waals surface area (Å²) < 4.78 is 29.6. The average Bonchev–Trinajstić information content (AvgIpc) is 3.72. The monoisotopic (exact) mass is 589 g/mol. The molecule has 1 aliphatic rings. The quantitative estimate of drug-likeness (QED) is 0.264. The summed E-state index contributed by atoms with van der Waals surface area (Å²) in [5.41, 5.74) is 2.15. The Kier molecular flexibility index (Phi) is 9.26. The van der Waals surface area contributed by atoms with Gasteiger partial charge in [0.15, 0.2) is 23.0 Å². The van der Waals surface area contributed by atoms with E-state index in [2.05, 4.69) is 15.6 Å². The molecular weight excluding hydrogens is 554 g/mol. The summed E-state index contributed by atoms with van der Waals surface area (Å²) in [6.45, 7) is 0.746.